The fourth-order valence-electron chi connectivity index (χ4n) is 3.95. The number of carbonyl (C=O) groups excluding carboxylic acids is 3. The maximum atomic E-state index is 13.3. The lowest BCUT2D eigenvalue weighted by atomic mass is 9.96. The third-order valence-electron chi connectivity index (χ3n) is 6.32. The average Bonchev–Trinajstić information content (AvgIpc) is 3.35. The lowest BCUT2D eigenvalue weighted by Crippen LogP contribution is -2.59. The molecule has 34 heavy (non-hydrogen) atoms. The van der Waals surface area contributed by atoms with Crippen molar-refractivity contribution in [1.29, 1.82) is 0 Å². The number of hydrogen-bond donors (Lipinski definition) is 5. The van der Waals surface area contributed by atoms with Gasteiger partial charge in [-0.25, -0.2) is 4.79 Å². The van der Waals surface area contributed by atoms with E-state index in [9.17, 15) is 24.3 Å². The fourth-order valence-corrected chi connectivity index (χ4v) is 3.95. The van der Waals surface area contributed by atoms with E-state index < -0.39 is 35.9 Å². The molecule has 3 amide bonds. The van der Waals surface area contributed by atoms with Gasteiger partial charge in [0.2, 0.25) is 17.7 Å². The Morgan fingerprint density at radius 3 is 2.18 bits per heavy atom. The Labute approximate surface area is 201 Å². The van der Waals surface area contributed by atoms with Crippen LogP contribution in [0.25, 0.3) is 0 Å². The first-order valence-electron chi connectivity index (χ1n) is 12.0. The minimum atomic E-state index is -1.13. The Morgan fingerprint density at radius 2 is 1.65 bits per heavy atom. The van der Waals surface area contributed by atoms with Gasteiger partial charge in [0.05, 0.1) is 6.04 Å². The van der Waals surface area contributed by atoms with Crippen molar-refractivity contribution in [3.63, 3.8) is 0 Å². The van der Waals surface area contributed by atoms with Crippen LogP contribution in [0.1, 0.15) is 52.5 Å². The molecule has 1 aliphatic heterocycles. The van der Waals surface area contributed by atoms with Crippen molar-refractivity contribution in [2.75, 3.05) is 6.54 Å². The SMILES string of the molecule is CCC(C)C(NC(=O)C(Cc1ccccc1)NC(=O)C1CCCN1)C(=O)NC(C(=O)O)C(C)C. The molecule has 0 saturated carbocycles. The van der Waals surface area contributed by atoms with Crippen LogP contribution in [-0.2, 0) is 25.6 Å². The smallest absolute Gasteiger partial charge is 0.326 e. The van der Waals surface area contributed by atoms with E-state index in [4.69, 9.17) is 0 Å². The minimum Gasteiger partial charge on any atom is -0.480 e. The molecule has 0 aromatic heterocycles. The van der Waals surface area contributed by atoms with E-state index in [1.807, 2.05) is 44.2 Å². The summed E-state index contributed by atoms with van der Waals surface area (Å²) >= 11 is 0. The fraction of sp³-hybridized carbons (Fsp3) is 0.600. The summed E-state index contributed by atoms with van der Waals surface area (Å²) in [4.78, 5) is 50.7. The van der Waals surface area contributed by atoms with E-state index in [1.54, 1.807) is 13.8 Å². The lowest BCUT2D eigenvalue weighted by Gasteiger charge is -2.29. The van der Waals surface area contributed by atoms with Gasteiger partial charge in [0, 0.05) is 6.42 Å². The Bertz CT molecular complexity index is 839. The van der Waals surface area contributed by atoms with Gasteiger partial charge in [0.15, 0.2) is 0 Å². The molecule has 0 spiro atoms. The summed E-state index contributed by atoms with van der Waals surface area (Å²) in [5, 5.41) is 20.8. The summed E-state index contributed by atoms with van der Waals surface area (Å²) in [5.74, 6) is -2.97. The highest BCUT2D eigenvalue weighted by Crippen LogP contribution is 2.12. The Balaban J connectivity index is 2.20. The van der Waals surface area contributed by atoms with Gasteiger partial charge in [-0.15, -0.1) is 0 Å². The van der Waals surface area contributed by atoms with Crippen LogP contribution in [0.4, 0.5) is 0 Å². The molecule has 2 rings (SSSR count). The zero-order valence-corrected chi connectivity index (χ0v) is 20.5. The first-order valence-corrected chi connectivity index (χ1v) is 12.0. The Morgan fingerprint density at radius 1 is 1.00 bits per heavy atom. The highest BCUT2D eigenvalue weighted by Gasteiger charge is 2.34. The number of benzene rings is 1. The van der Waals surface area contributed by atoms with Crippen molar-refractivity contribution in [2.24, 2.45) is 11.8 Å². The summed E-state index contributed by atoms with van der Waals surface area (Å²) in [6, 6.07) is 6.12. The minimum absolute atomic E-state index is 0.241. The van der Waals surface area contributed by atoms with Crippen LogP contribution in [0.3, 0.4) is 0 Å². The second-order valence-corrected chi connectivity index (χ2v) is 9.34. The zero-order valence-electron chi connectivity index (χ0n) is 20.5. The molecule has 9 nitrogen and oxygen atoms in total. The third-order valence-corrected chi connectivity index (χ3v) is 6.32. The normalized spacial score (nSPS) is 19.0. The molecule has 0 bridgehead atoms. The van der Waals surface area contributed by atoms with Crippen LogP contribution < -0.4 is 21.3 Å². The first kappa shape index (κ1) is 27.3. The topological polar surface area (TPSA) is 137 Å². The number of carboxylic acids is 1. The van der Waals surface area contributed by atoms with Crippen LogP contribution in [-0.4, -0.2) is 59.5 Å². The molecule has 1 aliphatic rings. The molecular formula is C25H38N4O5. The predicted molar refractivity (Wildman–Crippen MR) is 129 cm³/mol. The summed E-state index contributed by atoms with van der Waals surface area (Å²) in [6.45, 7) is 7.88. The molecular weight excluding hydrogens is 436 g/mol. The predicted octanol–water partition coefficient (Wildman–Crippen LogP) is 1.22. The summed E-state index contributed by atoms with van der Waals surface area (Å²) in [6.07, 6.45) is 2.46. The number of amides is 3. The second kappa shape index (κ2) is 13.1. The van der Waals surface area contributed by atoms with Crippen LogP contribution in [0, 0.1) is 11.8 Å². The molecule has 1 fully saturated rings. The van der Waals surface area contributed by atoms with E-state index in [1.165, 1.54) is 0 Å². The first-order chi connectivity index (χ1) is 16.1. The van der Waals surface area contributed by atoms with E-state index in [2.05, 4.69) is 21.3 Å². The van der Waals surface area contributed by atoms with Crippen molar-refractivity contribution in [1.82, 2.24) is 21.3 Å². The number of nitrogens with one attached hydrogen (secondary N) is 4. The number of rotatable bonds is 12. The zero-order chi connectivity index (χ0) is 25.3. The number of carbonyl (C=O) groups is 4. The van der Waals surface area contributed by atoms with Crippen LogP contribution in [0.5, 0.6) is 0 Å². The van der Waals surface area contributed by atoms with Crippen molar-refractivity contribution in [3.8, 4) is 0 Å². The van der Waals surface area contributed by atoms with Gasteiger partial charge in [-0.1, -0.05) is 64.4 Å². The van der Waals surface area contributed by atoms with Gasteiger partial charge < -0.3 is 26.4 Å². The maximum Gasteiger partial charge on any atom is 0.326 e. The van der Waals surface area contributed by atoms with Crippen LogP contribution in [0.2, 0.25) is 0 Å². The molecule has 0 radical (unpaired) electrons. The highest BCUT2D eigenvalue weighted by atomic mass is 16.4. The van der Waals surface area contributed by atoms with Gasteiger partial charge in [0.1, 0.15) is 18.1 Å². The van der Waals surface area contributed by atoms with Crippen LogP contribution in [0.15, 0.2) is 30.3 Å². The molecule has 0 aliphatic carbocycles. The molecule has 188 valence electrons. The Hall–Kier alpha value is -2.94. The summed E-state index contributed by atoms with van der Waals surface area (Å²) in [7, 11) is 0. The quantitative estimate of drug-likeness (QED) is 0.309. The lowest BCUT2D eigenvalue weighted by molar-refractivity contribution is -0.144. The van der Waals surface area contributed by atoms with Crippen molar-refractivity contribution < 1.29 is 24.3 Å². The average molecular weight is 475 g/mol. The number of carboxylic acid groups (broad SMARTS) is 1. The van der Waals surface area contributed by atoms with Crippen molar-refractivity contribution >= 4 is 23.7 Å². The van der Waals surface area contributed by atoms with E-state index in [0.29, 0.717) is 12.8 Å². The van der Waals surface area contributed by atoms with Gasteiger partial charge in [0.25, 0.3) is 0 Å². The molecule has 1 aromatic carbocycles. The third kappa shape index (κ3) is 7.83. The Kier molecular flexibility index (Phi) is 10.5. The largest absolute Gasteiger partial charge is 0.480 e. The van der Waals surface area contributed by atoms with Gasteiger partial charge in [-0.3, -0.25) is 14.4 Å². The van der Waals surface area contributed by atoms with Gasteiger partial charge in [-0.2, -0.15) is 0 Å². The van der Waals surface area contributed by atoms with E-state index >= 15 is 0 Å². The summed E-state index contributed by atoms with van der Waals surface area (Å²) in [5.41, 5.74) is 0.873. The maximum absolute atomic E-state index is 13.3. The van der Waals surface area contributed by atoms with E-state index in [-0.39, 0.29) is 30.2 Å². The van der Waals surface area contributed by atoms with Crippen molar-refractivity contribution in [3.05, 3.63) is 35.9 Å². The molecule has 1 aromatic rings. The molecule has 5 unspecified atom stereocenters. The van der Waals surface area contributed by atoms with Crippen molar-refractivity contribution in [2.45, 2.75) is 77.5 Å². The highest BCUT2D eigenvalue weighted by molar-refractivity contribution is 5.94. The standard InChI is InChI=1S/C25H38N4O5/c1-5-16(4)21(24(32)28-20(15(2)3)25(33)34)29-23(31)19(14-17-10-7-6-8-11-17)27-22(30)18-12-9-13-26-18/h6-8,10-11,15-16,18-21,26H,5,9,12-14H2,1-4H3,(H,27,30)(H,28,32)(H,29,31)(H,33,34). The number of aliphatic carboxylic acids is 1. The molecule has 5 atom stereocenters. The van der Waals surface area contributed by atoms with Gasteiger partial charge >= 0.3 is 5.97 Å². The summed E-state index contributed by atoms with van der Waals surface area (Å²) < 4.78 is 0. The van der Waals surface area contributed by atoms with E-state index in [0.717, 1.165) is 18.5 Å². The number of hydrogen-bond acceptors (Lipinski definition) is 5. The molecule has 1 saturated heterocycles. The molecule has 9 heteroatoms. The van der Waals surface area contributed by atoms with Gasteiger partial charge in [-0.05, 0) is 36.8 Å². The molecule has 1 heterocycles. The molecule has 5 N–H and O–H groups in total. The monoisotopic (exact) mass is 474 g/mol. The second-order valence-electron chi connectivity index (χ2n) is 9.34. The van der Waals surface area contributed by atoms with Crippen LogP contribution >= 0.6 is 0 Å².